The van der Waals surface area contributed by atoms with E-state index < -0.39 is 15.2 Å². The zero-order valence-corrected chi connectivity index (χ0v) is 8.82. The summed E-state index contributed by atoms with van der Waals surface area (Å²) < 4.78 is 34.3. The Bertz CT molecular complexity index is 463. The van der Waals surface area contributed by atoms with Crippen molar-refractivity contribution in [2.75, 3.05) is 7.11 Å². The molecule has 5 nitrogen and oxygen atoms in total. The number of carbonyl (C=O) groups is 1. The predicted molar refractivity (Wildman–Crippen MR) is 53.3 cm³/mol. The van der Waals surface area contributed by atoms with Gasteiger partial charge in [-0.1, -0.05) is 12.1 Å². The van der Waals surface area contributed by atoms with E-state index in [-0.39, 0.29) is 6.42 Å². The minimum atomic E-state index is -4.60. The van der Waals surface area contributed by atoms with Crippen LogP contribution in [0.15, 0.2) is 24.3 Å². The number of benzene rings is 1. The molecule has 0 aliphatic rings. The maximum Gasteiger partial charge on any atom is 0.329 e. The summed E-state index contributed by atoms with van der Waals surface area (Å²) in [7, 11) is -3.14. The van der Waals surface area contributed by atoms with Crippen LogP contribution in [-0.4, -0.2) is 25.2 Å². The lowest BCUT2D eigenvalue weighted by atomic mass is 10.1. The van der Waals surface area contributed by atoms with Crippen LogP contribution < -0.4 is 4.74 Å². The van der Waals surface area contributed by atoms with Crippen molar-refractivity contribution in [2.24, 2.45) is 0 Å². The zero-order valence-electron chi connectivity index (χ0n) is 8.00. The van der Waals surface area contributed by atoms with Gasteiger partial charge in [0.2, 0.25) is 0 Å². The summed E-state index contributed by atoms with van der Waals surface area (Å²) in [5.41, 5.74) is 0.469. The molecule has 0 radical (unpaired) electrons. The van der Waals surface area contributed by atoms with Gasteiger partial charge in [-0.05, 0) is 17.7 Å². The van der Waals surface area contributed by atoms with Gasteiger partial charge in [0, 0.05) is 6.42 Å². The molecule has 0 saturated heterocycles. The van der Waals surface area contributed by atoms with Crippen molar-refractivity contribution in [1.29, 1.82) is 0 Å². The second-order valence-corrected chi connectivity index (χ2v) is 4.28. The average molecular weight is 230 g/mol. The first-order valence-electron chi connectivity index (χ1n) is 4.07. The van der Waals surface area contributed by atoms with Gasteiger partial charge < -0.3 is 4.74 Å². The van der Waals surface area contributed by atoms with Crippen molar-refractivity contribution >= 4 is 15.2 Å². The SMILES string of the molecule is COc1cccc(CC(=O)S(=O)(=O)O)c1. The molecule has 0 unspecified atom stereocenters. The number of hydrogen-bond donors (Lipinski definition) is 1. The van der Waals surface area contributed by atoms with Crippen molar-refractivity contribution < 1.29 is 22.5 Å². The molecule has 0 spiro atoms. The third-order valence-corrected chi connectivity index (χ3v) is 2.49. The van der Waals surface area contributed by atoms with E-state index in [0.717, 1.165) is 0 Å². The highest BCUT2D eigenvalue weighted by Gasteiger charge is 2.18. The molecule has 6 heteroatoms. The van der Waals surface area contributed by atoms with Crippen LogP contribution in [0.2, 0.25) is 0 Å². The lowest BCUT2D eigenvalue weighted by Crippen LogP contribution is -2.15. The van der Waals surface area contributed by atoms with Crippen LogP contribution in [0.25, 0.3) is 0 Å². The molecule has 1 aromatic carbocycles. The molecule has 0 bridgehead atoms. The van der Waals surface area contributed by atoms with E-state index in [2.05, 4.69) is 0 Å². The standard InChI is InChI=1S/C9H10O5S/c1-14-8-4-2-3-7(5-8)6-9(10)15(11,12)13/h2-5H,6H2,1H3,(H,11,12,13). The van der Waals surface area contributed by atoms with E-state index in [0.29, 0.717) is 11.3 Å². The number of carbonyl (C=O) groups excluding carboxylic acids is 1. The van der Waals surface area contributed by atoms with Crippen molar-refractivity contribution in [2.45, 2.75) is 6.42 Å². The normalized spacial score (nSPS) is 11.1. The first-order valence-corrected chi connectivity index (χ1v) is 5.51. The van der Waals surface area contributed by atoms with Crippen LogP contribution in [0.4, 0.5) is 0 Å². The molecule has 0 aliphatic heterocycles. The van der Waals surface area contributed by atoms with Gasteiger partial charge in [-0.15, -0.1) is 0 Å². The third-order valence-electron chi connectivity index (χ3n) is 1.77. The number of ether oxygens (including phenoxy) is 1. The maximum absolute atomic E-state index is 11.0. The quantitative estimate of drug-likeness (QED) is 0.771. The largest absolute Gasteiger partial charge is 0.497 e. The van der Waals surface area contributed by atoms with Gasteiger partial charge in [0.1, 0.15) is 5.75 Å². The van der Waals surface area contributed by atoms with Crippen LogP contribution in [0.3, 0.4) is 0 Å². The average Bonchev–Trinajstić information content (AvgIpc) is 2.16. The summed E-state index contributed by atoms with van der Waals surface area (Å²) in [6.45, 7) is 0. The molecular formula is C9H10O5S. The van der Waals surface area contributed by atoms with Gasteiger partial charge in [0.05, 0.1) is 7.11 Å². The Morgan fingerprint density at radius 3 is 2.67 bits per heavy atom. The van der Waals surface area contributed by atoms with Gasteiger partial charge in [-0.25, -0.2) is 0 Å². The molecule has 1 N–H and O–H groups in total. The number of rotatable bonds is 3. The van der Waals surface area contributed by atoms with Gasteiger partial charge in [0.25, 0.3) is 5.12 Å². The second kappa shape index (κ2) is 4.41. The summed E-state index contributed by atoms with van der Waals surface area (Å²) in [6.07, 6.45) is -0.365. The first-order chi connectivity index (χ1) is 6.93. The van der Waals surface area contributed by atoms with Crippen molar-refractivity contribution in [3.63, 3.8) is 0 Å². The fourth-order valence-electron chi connectivity index (χ4n) is 1.04. The molecule has 0 heterocycles. The second-order valence-electron chi connectivity index (χ2n) is 2.88. The monoisotopic (exact) mass is 230 g/mol. The molecule has 82 valence electrons. The topological polar surface area (TPSA) is 80.7 Å². The molecule has 0 aliphatic carbocycles. The highest BCUT2D eigenvalue weighted by atomic mass is 32.2. The molecular weight excluding hydrogens is 220 g/mol. The highest BCUT2D eigenvalue weighted by molar-refractivity contribution is 8.01. The third kappa shape index (κ3) is 3.34. The molecule has 0 aromatic heterocycles. The van der Waals surface area contributed by atoms with Crippen molar-refractivity contribution in [1.82, 2.24) is 0 Å². The molecule has 0 fully saturated rings. The summed E-state index contributed by atoms with van der Waals surface area (Å²) in [4.78, 5) is 11.0. The lowest BCUT2D eigenvalue weighted by Gasteiger charge is -2.02. The van der Waals surface area contributed by atoms with E-state index in [1.807, 2.05) is 0 Å². The van der Waals surface area contributed by atoms with Crippen molar-refractivity contribution in [3.8, 4) is 5.75 Å². The van der Waals surface area contributed by atoms with Gasteiger partial charge >= 0.3 is 10.1 Å². The van der Waals surface area contributed by atoms with E-state index in [1.165, 1.54) is 13.2 Å². The Morgan fingerprint density at radius 1 is 1.47 bits per heavy atom. The predicted octanol–water partition coefficient (Wildman–Crippen LogP) is 0.652. The first kappa shape index (κ1) is 11.7. The Kier molecular flexibility index (Phi) is 3.43. The fourth-order valence-corrected chi connectivity index (χ4v) is 1.39. The van der Waals surface area contributed by atoms with Crippen LogP contribution in [0, 0.1) is 0 Å². The summed E-state index contributed by atoms with van der Waals surface area (Å²) >= 11 is 0. The molecule has 0 saturated carbocycles. The van der Waals surface area contributed by atoms with Gasteiger partial charge in [-0.2, -0.15) is 8.42 Å². The van der Waals surface area contributed by atoms with Crippen LogP contribution >= 0.6 is 0 Å². The van der Waals surface area contributed by atoms with Crippen LogP contribution in [0.5, 0.6) is 5.75 Å². The van der Waals surface area contributed by atoms with E-state index in [1.54, 1.807) is 18.2 Å². The Labute approximate surface area is 87.4 Å². The Balaban J connectivity index is 2.86. The fraction of sp³-hybridized carbons (Fsp3) is 0.222. The molecule has 1 aromatic rings. The van der Waals surface area contributed by atoms with E-state index in [4.69, 9.17) is 9.29 Å². The Morgan fingerprint density at radius 2 is 2.13 bits per heavy atom. The van der Waals surface area contributed by atoms with Gasteiger partial charge in [0.15, 0.2) is 0 Å². The number of hydrogen-bond acceptors (Lipinski definition) is 4. The maximum atomic E-state index is 11.0. The molecule has 0 atom stereocenters. The van der Waals surface area contributed by atoms with E-state index >= 15 is 0 Å². The summed E-state index contributed by atoms with van der Waals surface area (Å²) in [6, 6.07) is 6.40. The minimum Gasteiger partial charge on any atom is -0.497 e. The Hall–Kier alpha value is -1.40. The molecule has 1 rings (SSSR count). The zero-order chi connectivity index (χ0) is 11.5. The van der Waals surface area contributed by atoms with E-state index in [9.17, 15) is 13.2 Å². The lowest BCUT2D eigenvalue weighted by molar-refractivity contribution is -0.111. The van der Waals surface area contributed by atoms with Crippen molar-refractivity contribution in [3.05, 3.63) is 29.8 Å². The number of methoxy groups -OCH3 is 1. The smallest absolute Gasteiger partial charge is 0.329 e. The highest BCUT2D eigenvalue weighted by Crippen LogP contribution is 2.13. The molecule has 0 amide bonds. The summed E-state index contributed by atoms with van der Waals surface area (Å²) in [5.74, 6) is 0.524. The summed E-state index contributed by atoms with van der Waals surface area (Å²) in [5, 5.41) is -1.23. The molecule has 15 heavy (non-hydrogen) atoms. The van der Waals surface area contributed by atoms with Gasteiger partial charge in [-0.3, -0.25) is 9.35 Å². The minimum absolute atomic E-state index is 0.365. The van der Waals surface area contributed by atoms with Crippen LogP contribution in [-0.2, 0) is 21.3 Å². The van der Waals surface area contributed by atoms with Crippen LogP contribution in [0.1, 0.15) is 5.56 Å².